The fraction of sp³-hybridized carbons (Fsp3) is 0.938. The van der Waals surface area contributed by atoms with Crippen LogP contribution in [0, 0.1) is 11.8 Å². The van der Waals surface area contributed by atoms with Crippen LogP contribution in [-0.2, 0) is 38.0 Å². The number of halogens is 2. The first-order chi connectivity index (χ1) is 22.5. The summed E-state index contributed by atoms with van der Waals surface area (Å²) in [5.41, 5.74) is 7.64. The van der Waals surface area contributed by atoms with Gasteiger partial charge in [-0.15, -0.1) is 0 Å². The van der Waals surface area contributed by atoms with E-state index in [1.54, 1.807) is 14.2 Å². The minimum atomic E-state index is -0.0773. The number of methoxy groups -OCH3 is 2. The van der Waals surface area contributed by atoms with E-state index in [9.17, 15) is 9.59 Å². The van der Waals surface area contributed by atoms with E-state index in [1.165, 1.54) is 18.6 Å². The van der Waals surface area contributed by atoms with E-state index in [1.807, 2.05) is 37.4 Å². The molecule has 2 atom stereocenters. The van der Waals surface area contributed by atoms with Gasteiger partial charge in [-0.2, -0.15) is 23.5 Å². The van der Waals surface area contributed by atoms with Crippen LogP contribution in [0.3, 0.4) is 0 Å². The summed E-state index contributed by atoms with van der Waals surface area (Å²) in [6.07, 6.45) is 6.08. The summed E-state index contributed by atoms with van der Waals surface area (Å²) < 4.78 is 31.7. The van der Waals surface area contributed by atoms with Gasteiger partial charge in [-0.1, -0.05) is 20.3 Å². The SMILES string of the molecule is CC[C@@H](COCCCCCSCC[NH3+])C(=O)NCCOCCOC.CC[C@@H](COCCCSCC[NH3+])C(=O)NCCOCCOC.[Cl-].[Cl-]. The van der Waals surface area contributed by atoms with Crippen LogP contribution >= 0.6 is 23.5 Å². The summed E-state index contributed by atoms with van der Waals surface area (Å²) in [5, 5.41) is 5.78. The van der Waals surface area contributed by atoms with Crippen molar-refractivity contribution in [1.82, 2.24) is 10.6 Å². The number of rotatable bonds is 34. The molecule has 0 bridgehead atoms. The van der Waals surface area contributed by atoms with E-state index in [0.717, 1.165) is 62.6 Å². The van der Waals surface area contributed by atoms with E-state index in [-0.39, 0.29) is 48.5 Å². The predicted molar refractivity (Wildman–Crippen MR) is 189 cm³/mol. The van der Waals surface area contributed by atoms with Crippen molar-refractivity contribution in [2.24, 2.45) is 11.8 Å². The fourth-order valence-corrected chi connectivity index (χ4v) is 5.28. The number of hydrogen-bond donors (Lipinski definition) is 4. The monoisotopic (exact) mass is 772 g/mol. The van der Waals surface area contributed by atoms with Crippen molar-refractivity contribution in [3.8, 4) is 0 Å². The van der Waals surface area contributed by atoms with Crippen LogP contribution in [0.2, 0.25) is 0 Å². The van der Waals surface area contributed by atoms with E-state index in [0.29, 0.717) is 72.6 Å². The van der Waals surface area contributed by atoms with Crippen LogP contribution in [-0.4, -0.2) is 141 Å². The number of ether oxygens (including phenoxy) is 6. The lowest BCUT2D eigenvalue weighted by Crippen LogP contribution is -3.00. The van der Waals surface area contributed by atoms with Crippen molar-refractivity contribution >= 4 is 35.3 Å². The van der Waals surface area contributed by atoms with Crippen LogP contribution in [0.1, 0.15) is 52.4 Å². The Bertz CT molecular complexity index is 657. The Hall–Kier alpha value is -0.100. The van der Waals surface area contributed by atoms with Crippen molar-refractivity contribution in [2.75, 3.05) is 129 Å². The largest absolute Gasteiger partial charge is 1.00 e. The Morgan fingerprint density at radius 3 is 1.42 bits per heavy atom. The second-order valence-electron chi connectivity index (χ2n) is 10.5. The summed E-state index contributed by atoms with van der Waals surface area (Å²) in [4.78, 5) is 24.0. The molecular weight excluding hydrogens is 703 g/mol. The number of amides is 2. The van der Waals surface area contributed by atoms with Crippen molar-refractivity contribution in [2.45, 2.75) is 52.4 Å². The second kappa shape index (κ2) is 46.9. The first-order valence-corrected chi connectivity index (χ1v) is 19.4. The lowest BCUT2D eigenvalue weighted by Gasteiger charge is -2.15. The van der Waals surface area contributed by atoms with E-state index < -0.39 is 0 Å². The molecule has 0 aliphatic rings. The maximum Gasteiger partial charge on any atom is 0.225 e. The molecule has 0 saturated heterocycles. The molecule has 16 heteroatoms. The maximum absolute atomic E-state index is 12.1. The van der Waals surface area contributed by atoms with Gasteiger partial charge in [-0.3, -0.25) is 9.59 Å². The zero-order valence-electron chi connectivity index (χ0n) is 30.4. The fourth-order valence-electron chi connectivity index (χ4n) is 3.74. The molecule has 2 amide bonds. The number of quaternary nitrogens is 2. The molecular formula is C32H70Cl2N4O8S2. The van der Waals surface area contributed by atoms with E-state index in [4.69, 9.17) is 28.4 Å². The average Bonchev–Trinajstić information content (AvgIpc) is 3.06. The van der Waals surface area contributed by atoms with Crippen molar-refractivity contribution in [3.05, 3.63) is 0 Å². The Labute approximate surface area is 312 Å². The molecule has 48 heavy (non-hydrogen) atoms. The zero-order valence-corrected chi connectivity index (χ0v) is 33.5. The highest BCUT2D eigenvalue weighted by Gasteiger charge is 2.17. The van der Waals surface area contributed by atoms with Gasteiger partial charge in [0.2, 0.25) is 11.8 Å². The molecule has 0 aromatic rings. The molecule has 0 radical (unpaired) electrons. The molecule has 0 fully saturated rings. The molecule has 0 aromatic carbocycles. The first kappa shape index (κ1) is 54.7. The highest BCUT2D eigenvalue weighted by molar-refractivity contribution is 7.99. The van der Waals surface area contributed by atoms with Gasteiger partial charge in [0.05, 0.1) is 77.8 Å². The van der Waals surface area contributed by atoms with E-state index >= 15 is 0 Å². The normalized spacial score (nSPS) is 11.8. The van der Waals surface area contributed by atoms with Gasteiger partial charge in [0.1, 0.15) is 0 Å². The third-order valence-corrected chi connectivity index (χ3v) is 8.86. The van der Waals surface area contributed by atoms with Crippen molar-refractivity contribution in [1.29, 1.82) is 0 Å². The highest BCUT2D eigenvalue weighted by Crippen LogP contribution is 2.08. The van der Waals surface area contributed by atoms with Crippen LogP contribution in [0.15, 0.2) is 0 Å². The Kier molecular flexibility index (Phi) is 53.4. The van der Waals surface area contributed by atoms with Gasteiger partial charge in [-0.25, -0.2) is 0 Å². The van der Waals surface area contributed by atoms with Crippen LogP contribution in [0.4, 0.5) is 0 Å². The number of unbranched alkanes of at least 4 members (excludes halogenated alkanes) is 2. The summed E-state index contributed by atoms with van der Waals surface area (Å²) in [6.45, 7) is 12.8. The Balaban J connectivity index is -0.000000389. The molecule has 12 nitrogen and oxygen atoms in total. The van der Waals surface area contributed by atoms with Gasteiger partial charge in [-0.05, 0) is 43.6 Å². The summed E-state index contributed by atoms with van der Waals surface area (Å²) >= 11 is 3.87. The van der Waals surface area contributed by atoms with E-state index in [2.05, 4.69) is 22.1 Å². The third-order valence-electron chi connectivity index (χ3n) is 6.55. The summed E-state index contributed by atoms with van der Waals surface area (Å²) in [7, 11) is 3.27. The number of nitrogens with one attached hydrogen (secondary N) is 2. The lowest BCUT2D eigenvalue weighted by molar-refractivity contribution is -0.360. The van der Waals surface area contributed by atoms with Gasteiger partial charge in [0.15, 0.2) is 0 Å². The molecule has 0 saturated carbocycles. The third kappa shape index (κ3) is 40.3. The molecule has 8 N–H and O–H groups in total. The number of thioether (sulfide) groups is 2. The zero-order chi connectivity index (χ0) is 34.4. The lowest BCUT2D eigenvalue weighted by atomic mass is 10.1. The number of carbonyl (C=O) groups is 2. The Morgan fingerprint density at radius 1 is 0.562 bits per heavy atom. The maximum atomic E-state index is 12.1. The topological polar surface area (TPSA) is 169 Å². The molecule has 0 spiro atoms. The highest BCUT2D eigenvalue weighted by atomic mass is 35.5. The smallest absolute Gasteiger partial charge is 0.225 e. The minimum absolute atomic E-state index is 0. The molecule has 0 aliphatic carbocycles. The number of hydrogen-bond acceptors (Lipinski definition) is 10. The first-order valence-electron chi connectivity index (χ1n) is 17.1. The van der Waals surface area contributed by atoms with Gasteiger partial charge in [0, 0.05) is 52.0 Å². The van der Waals surface area contributed by atoms with Gasteiger partial charge >= 0.3 is 0 Å². The molecule has 0 aliphatic heterocycles. The quantitative estimate of drug-likeness (QED) is 0.0466. The Morgan fingerprint density at radius 2 is 1.00 bits per heavy atom. The molecule has 0 aromatic heterocycles. The van der Waals surface area contributed by atoms with Crippen LogP contribution in [0.5, 0.6) is 0 Å². The number of carbonyl (C=O) groups excluding carboxylic acids is 2. The van der Waals surface area contributed by atoms with Gasteiger partial charge in [0.25, 0.3) is 0 Å². The van der Waals surface area contributed by atoms with Crippen molar-refractivity contribution < 1.29 is 74.3 Å². The van der Waals surface area contributed by atoms with Crippen molar-refractivity contribution in [3.63, 3.8) is 0 Å². The minimum Gasteiger partial charge on any atom is -1.00 e. The average molecular weight is 774 g/mol. The molecule has 292 valence electrons. The molecule has 0 rings (SSSR count). The van der Waals surface area contributed by atoms with Gasteiger partial charge < -0.3 is 75.3 Å². The molecule has 0 unspecified atom stereocenters. The summed E-state index contributed by atoms with van der Waals surface area (Å²) in [5.74, 6) is 4.51. The predicted octanol–water partition coefficient (Wildman–Crippen LogP) is -4.86. The van der Waals surface area contributed by atoms with Crippen LogP contribution < -0.4 is 46.9 Å². The summed E-state index contributed by atoms with van der Waals surface area (Å²) in [6, 6.07) is 0. The second-order valence-corrected chi connectivity index (χ2v) is 12.9. The van der Waals surface area contributed by atoms with Crippen LogP contribution in [0.25, 0.3) is 0 Å². The standard InChI is InChI=1S/C17H36N2O4S.C15H32N2O4S.2ClH/c1-3-16(17(20)19-8-10-22-12-11-21-2)15-23-9-5-4-6-13-24-14-7-18;1-3-14(13-21-7-4-11-22-12-5-16)15(18)17-6-8-20-10-9-19-2;;/h16H,3-15,18H2,1-2H3,(H,19,20);14H,3-13,16H2,1-2H3,(H,17,18);2*1H/t16-;14-;;/m00../s1. The molecule has 0 heterocycles.